The van der Waals surface area contributed by atoms with Crippen LogP contribution in [-0.4, -0.2) is 71.4 Å². The minimum atomic E-state index is 0.569. The van der Waals surface area contributed by atoms with Crippen molar-refractivity contribution in [3.63, 3.8) is 0 Å². The van der Waals surface area contributed by atoms with Gasteiger partial charge in [0.2, 0.25) is 0 Å². The molecule has 0 bridgehead atoms. The zero-order chi connectivity index (χ0) is 19.1. The van der Waals surface area contributed by atoms with Crippen LogP contribution in [0.3, 0.4) is 0 Å². The van der Waals surface area contributed by atoms with Gasteiger partial charge in [-0.15, -0.1) is 0 Å². The SMILES string of the molecule is CCNC(=NCCCN(C)C1CCCCC1)N1CCC(c2cnn(C)c2)C1. The van der Waals surface area contributed by atoms with Crippen molar-refractivity contribution >= 4 is 5.96 Å². The molecule has 1 saturated carbocycles. The van der Waals surface area contributed by atoms with Crippen molar-refractivity contribution in [2.45, 2.75) is 63.8 Å². The van der Waals surface area contributed by atoms with E-state index in [0.29, 0.717) is 5.92 Å². The first-order chi connectivity index (χ1) is 13.2. The predicted molar refractivity (Wildman–Crippen MR) is 112 cm³/mol. The van der Waals surface area contributed by atoms with E-state index in [4.69, 9.17) is 4.99 Å². The fraction of sp³-hybridized carbons (Fsp3) is 0.810. The first-order valence-electron chi connectivity index (χ1n) is 10.9. The fourth-order valence-corrected chi connectivity index (χ4v) is 4.51. The van der Waals surface area contributed by atoms with E-state index in [1.807, 2.05) is 17.9 Å². The lowest BCUT2D eigenvalue weighted by Crippen LogP contribution is -2.40. The van der Waals surface area contributed by atoms with Crippen LogP contribution in [-0.2, 0) is 7.05 Å². The third-order valence-electron chi connectivity index (χ3n) is 6.15. The standard InChI is InChI=1S/C21H38N6/c1-4-22-21(23-12-8-13-25(2)20-9-6-5-7-10-20)27-14-11-18(17-27)19-15-24-26(3)16-19/h15-16,18,20H,4-14,17H2,1-3H3,(H,22,23). The zero-order valence-electron chi connectivity index (χ0n) is 17.5. The van der Waals surface area contributed by atoms with Crippen LogP contribution >= 0.6 is 0 Å². The Kier molecular flexibility index (Phi) is 7.56. The van der Waals surface area contributed by atoms with Crippen LogP contribution in [0.1, 0.15) is 63.4 Å². The van der Waals surface area contributed by atoms with E-state index in [2.05, 4.69) is 40.4 Å². The number of nitrogens with one attached hydrogen (secondary N) is 1. The van der Waals surface area contributed by atoms with Crippen LogP contribution < -0.4 is 5.32 Å². The molecule has 1 saturated heterocycles. The van der Waals surface area contributed by atoms with Crippen LogP contribution in [0, 0.1) is 0 Å². The Balaban J connectivity index is 1.46. The third kappa shape index (κ3) is 5.71. The molecule has 1 N–H and O–H groups in total. The first-order valence-corrected chi connectivity index (χ1v) is 10.9. The number of nitrogens with zero attached hydrogens (tertiary/aromatic N) is 5. The summed E-state index contributed by atoms with van der Waals surface area (Å²) in [5.41, 5.74) is 1.35. The summed E-state index contributed by atoms with van der Waals surface area (Å²) >= 11 is 0. The first kappa shape index (κ1) is 20.2. The Bertz CT molecular complexity index is 589. The van der Waals surface area contributed by atoms with Gasteiger partial charge in [0.1, 0.15) is 0 Å². The number of hydrogen-bond acceptors (Lipinski definition) is 3. The lowest BCUT2D eigenvalue weighted by molar-refractivity contribution is 0.191. The number of aromatic nitrogens is 2. The van der Waals surface area contributed by atoms with Gasteiger partial charge < -0.3 is 15.1 Å². The second-order valence-electron chi connectivity index (χ2n) is 8.24. The Hall–Kier alpha value is -1.56. The smallest absolute Gasteiger partial charge is 0.193 e. The van der Waals surface area contributed by atoms with Crippen molar-refractivity contribution in [3.8, 4) is 0 Å². The van der Waals surface area contributed by atoms with E-state index < -0.39 is 0 Å². The highest BCUT2D eigenvalue weighted by Gasteiger charge is 2.26. The number of guanidine groups is 1. The van der Waals surface area contributed by atoms with Crippen LogP contribution in [0.5, 0.6) is 0 Å². The van der Waals surface area contributed by atoms with Gasteiger partial charge in [-0.1, -0.05) is 19.3 Å². The maximum atomic E-state index is 4.93. The Labute approximate surface area is 165 Å². The molecule has 6 nitrogen and oxygen atoms in total. The van der Waals surface area contributed by atoms with E-state index in [1.54, 1.807) is 0 Å². The maximum absolute atomic E-state index is 4.93. The summed E-state index contributed by atoms with van der Waals surface area (Å²) in [6, 6.07) is 0.801. The molecule has 152 valence electrons. The topological polar surface area (TPSA) is 48.7 Å². The monoisotopic (exact) mass is 374 g/mol. The van der Waals surface area contributed by atoms with Crippen molar-refractivity contribution in [3.05, 3.63) is 18.0 Å². The second-order valence-corrected chi connectivity index (χ2v) is 8.24. The molecule has 2 heterocycles. The van der Waals surface area contributed by atoms with Gasteiger partial charge in [0, 0.05) is 51.4 Å². The van der Waals surface area contributed by atoms with E-state index in [9.17, 15) is 0 Å². The lowest BCUT2D eigenvalue weighted by atomic mass is 9.94. The normalized spacial score (nSPS) is 22.0. The van der Waals surface area contributed by atoms with Gasteiger partial charge >= 0.3 is 0 Å². The molecule has 2 fully saturated rings. The average molecular weight is 375 g/mol. The molecule has 2 aliphatic rings. The number of rotatable bonds is 7. The summed E-state index contributed by atoms with van der Waals surface area (Å²) in [5, 5.41) is 7.83. The summed E-state index contributed by atoms with van der Waals surface area (Å²) in [6.45, 7) is 7.27. The number of aryl methyl sites for hydroxylation is 1. The summed E-state index contributed by atoms with van der Waals surface area (Å²) in [6.07, 6.45) is 13.5. The van der Waals surface area contributed by atoms with Gasteiger partial charge in [0.25, 0.3) is 0 Å². The molecule has 1 unspecified atom stereocenters. The van der Waals surface area contributed by atoms with Crippen LogP contribution in [0.2, 0.25) is 0 Å². The quantitative estimate of drug-likeness (QED) is 0.453. The molecule has 1 aromatic heterocycles. The van der Waals surface area contributed by atoms with E-state index in [1.165, 1.54) is 44.1 Å². The van der Waals surface area contributed by atoms with Gasteiger partial charge in [-0.05, 0) is 51.8 Å². The summed E-state index contributed by atoms with van der Waals surface area (Å²) in [7, 11) is 4.29. The predicted octanol–water partition coefficient (Wildman–Crippen LogP) is 2.83. The van der Waals surface area contributed by atoms with Crippen LogP contribution in [0.25, 0.3) is 0 Å². The molecular weight excluding hydrogens is 336 g/mol. The zero-order valence-corrected chi connectivity index (χ0v) is 17.5. The molecule has 1 aliphatic carbocycles. The fourth-order valence-electron chi connectivity index (χ4n) is 4.51. The van der Waals surface area contributed by atoms with Gasteiger partial charge in [-0.2, -0.15) is 5.10 Å². The maximum Gasteiger partial charge on any atom is 0.193 e. The molecule has 1 aromatic rings. The van der Waals surface area contributed by atoms with Gasteiger partial charge in [-0.3, -0.25) is 9.67 Å². The molecule has 3 rings (SSSR count). The lowest BCUT2D eigenvalue weighted by Gasteiger charge is -2.31. The van der Waals surface area contributed by atoms with Crippen molar-refractivity contribution < 1.29 is 0 Å². The Morgan fingerprint density at radius 3 is 2.81 bits per heavy atom. The van der Waals surface area contributed by atoms with E-state index in [0.717, 1.165) is 51.1 Å². The van der Waals surface area contributed by atoms with Crippen molar-refractivity contribution in [1.29, 1.82) is 0 Å². The van der Waals surface area contributed by atoms with Gasteiger partial charge in [0.15, 0.2) is 5.96 Å². The summed E-state index contributed by atoms with van der Waals surface area (Å²) < 4.78 is 1.90. The van der Waals surface area contributed by atoms with Crippen LogP contribution in [0.4, 0.5) is 0 Å². The molecule has 0 radical (unpaired) electrons. The average Bonchev–Trinajstić information content (AvgIpc) is 3.34. The van der Waals surface area contributed by atoms with Crippen molar-refractivity contribution in [1.82, 2.24) is 24.9 Å². The van der Waals surface area contributed by atoms with Crippen LogP contribution in [0.15, 0.2) is 17.4 Å². The third-order valence-corrected chi connectivity index (χ3v) is 6.15. The molecule has 1 aliphatic heterocycles. The highest BCUT2D eigenvalue weighted by molar-refractivity contribution is 5.80. The molecule has 0 amide bonds. The molecular formula is C21H38N6. The number of likely N-dealkylation sites (tertiary alicyclic amines) is 1. The minimum absolute atomic E-state index is 0.569. The molecule has 0 aromatic carbocycles. The second kappa shape index (κ2) is 10.1. The van der Waals surface area contributed by atoms with Gasteiger partial charge in [-0.25, -0.2) is 0 Å². The summed E-state index contributed by atoms with van der Waals surface area (Å²) in [4.78, 5) is 9.92. The van der Waals surface area contributed by atoms with Crippen molar-refractivity contribution in [2.24, 2.45) is 12.0 Å². The molecule has 27 heavy (non-hydrogen) atoms. The molecule has 0 spiro atoms. The Morgan fingerprint density at radius 2 is 2.11 bits per heavy atom. The molecule has 1 atom stereocenters. The number of hydrogen-bond donors (Lipinski definition) is 1. The van der Waals surface area contributed by atoms with Gasteiger partial charge in [0.05, 0.1) is 6.20 Å². The number of aliphatic imine (C=N–C) groups is 1. The highest BCUT2D eigenvalue weighted by atomic mass is 15.3. The Morgan fingerprint density at radius 1 is 1.30 bits per heavy atom. The van der Waals surface area contributed by atoms with E-state index in [-0.39, 0.29) is 0 Å². The van der Waals surface area contributed by atoms with E-state index >= 15 is 0 Å². The largest absolute Gasteiger partial charge is 0.357 e. The van der Waals surface area contributed by atoms with Crippen molar-refractivity contribution in [2.75, 3.05) is 39.8 Å². The highest BCUT2D eigenvalue weighted by Crippen LogP contribution is 2.26. The minimum Gasteiger partial charge on any atom is -0.357 e. The summed E-state index contributed by atoms with van der Waals surface area (Å²) in [5.74, 6) is 1.66. The molecule has 6 heteroatoms.